The van der Waals surface area contributed by atoms with Gasteiger partial charge in [-0.2, -0.15) is 18.3 Å². The SMILES string of the molecule is NC(=O)CCn1cc(-c2ccc3c(c2)C(O)(C(F)(F)F)C2CC=CC(CO)=C32)cn1. The average molecular weight is 419 g/mol. The molecule has 2 aliphatic rings. The summed E-state index contributed by atoms with van der Waals surface area (Å²) in [7, 11) is 0. The van der Waals surface area contributed by atoms with Crippen molar-refractivity contribution in [1.82, 2.24) is 9.78 Å². The van der Waals surface area contributed by atoms with Crippen molar-refractivity contribution in [1.29, 1.82) is 0 Å². The number of aliphatic hydroxyl groups is 2. The number of rotatable bonds is 5. The second-order valence-electron chi connectivity index (χ2n) is 7.52. The summed E-state index contributed by atoms with van der Waals surface area (Å²) in [6, 6.07) is 4.54. The van der Waals surface area contributed by atoms with Gasteiger partial charge in [-0.05, 0) is 34.8 Å². The number of aliphatic hydroxyl groups excluding tert-OH is 1. The van der Waals surface area contributed by atoms with E-state index < -0.39 is 30.2 Å². The summed E-state index contributed by atoms with van der Waals surface area (Å²) >= 11 is 0. The summed E-state index contributed by atoms with van der Waals surface area (Å²) < 4.78 is 43.8. The fraction of sp³-hybridized carbons (Fsp3) is 0.333. The third-order valence-corrected chi connectivity index (χ3v) is 5.77. The number of halogens is 3. The van der Waals surface area contributed by atoms with Gasteiger partial charge in [0.25, 0.3) is 0 Å². The van der Waals surface area contributed by atoms with Crippen molar-refractivity contribution >= 4 is 11.5 Å². The first-order valence-electron chi connectivity index (χ1n) is 9.42. The largest absolute Gasteiger partial charge is 0.422 e. The van der Waals surface area contributed by atoms with Gasteiger partial charge in [-0.15, -0.1) is 0 Å². The molecule has 0 bridgehead atoms. The molecule has 9 heteroatoms. The maximum Gasteiger partial charge on any atom is 0.422 e. The van der Waals surface area contributed by atoms with Crippen molar-refractivity contribution in [3.63, 3.8) is 0 Å². The summed E-state index contributed by atoms with van der Waals surface area (Å²) in [5, 5.41) is 24.7. The van der Waals surface area contributed by atoms with Crippen LogP contribution in [0.5, 0.6) is 0 Å². The smallest absolute Gasteiger partial charge is 0.392 e. The molecule has 4 N–H and O–H groups in total. The van der Waals surface area contributed by atoms with E-state index in [-0.39, 0.29) is 30.5 Å². The van der Waals surface area contributed by atoms with Gasteiger partial charge in [-0.1, -0.05) is 24.3 Å². The van der Waals surface area contributed by atoms with Crippen LogP contribution in [0.15, 0.2) is 48.3 Å². The van der Waals surface area contributed by atoms with Crippen LogP contribution in [0, 0.1) is 5.92 Å². The van der Waals surface area contributed by atoms with E-state index in [2.05, 4.69) is 5.10 Å². The number of allylic oxidation sites excluding steroid dienone is 1. The highest BCUT2D eigenvalue weighted by atomic mass is 19.4. The third kappa shape index (κ3) is 3.05. The van der Waals surface area contributed by atoms with Crippen molar-refractivity contribution in [3.05, 3.63) is 59.4 Å². The van der Waals surface area contributed by atoms with Crippen molar-refractivity contribution < 1.29 is 28.2 Å². The van der Waals surface area contributed by atoms with E-state index in [4.69, 9.17) is 5.73 Å². The molecule has 0 saturated heterocycles. The molecule has 1 amide bonds. The Morgan fingerprint density at radius 3 is 2.77 bits per heavy atom. The van der Waals surface area contributed by atoms with Crippen molar-refractivity contribution in [2.24, 2.45) is 11.7 Å². The van der Waals surface area contributed by atoms with E-state index in [1.807, 2.05) is 0 Å². The molecule has 1 aromatic heterocycles. The lowest BCUT2D eigenvalue weighted by Gasteiger charge is -2.34. The van der Waals surface area contributed by atoms with Crippen LogP contribution in [0.1, 0.15) is 24.0 Å². The number of amides is 1. The van der Waals surface area contributed by atoms with Gasteiger partial charge in [0.15, 0.2) is 5.60 Å². The van der Waals surface area contributed by atoms with E-state index >= 15 is 0 Å². The van der Waals surface area contributed by atoms with Gasteiger partial charge >= 0.3 is 6.18 Å². The maximum absolute atomic E-state index is 14.1. The second kappa shape index (κ2) is 7.10. The average Bonchev–Trinajstić information content (AvgIpc) is 3.28. The molecule has 30 heavy (non-hydrogen) atoms. The first kappa shape index (κ1) is 20.4. The number of alkyl halides is 3. The predicted molar refractivity (Wildman–Crippen MR) is 103 cm³/mol. The highest BCUT2D eigenvalue weighted by Gasteiger charge is 2.64. The predicted octanol–water partition coefficient (Wildman–Crippen LogP) is 2.51. The van der Waals surface area contributed by atoms with Gasteiger partial charge < -0.3 is 15.9 Å². The number of aromatic nitrogens is 2. The van der Waals surface area contributed by atoms with Crippen LogP contribution in [0.2, 0.25) is 0 Å². The molecule has 0 radical (unpaired) electrons. The number of fused-ring (bicyclic) bond motifs is 3. The number of carbonyl (C=O) groups is 1. The van der Waals surface area contributed by atoms with Crippen LogP contribution in [-0.4, -0.2) is 38.7 Å². The standard InChI is InChI=1S/C21H20F3N3O3/c22-21(23,24)20(30)16-3-1-2-13(11-28)19(16)15-5-4-12(8-17(15)20)14-9-26-27(10-14)7-6-18(25)29/h1-2,4-5,8-10,16,28,30H,3,6-7,11H2,(H2,25,29). The zero-order valence-corrected chi connectivity index (χ0v) is 15.9. The molecule has 2 aliphatic carbocycles. The Balaban J connectivity index is 1.82. The van der Waals surface area contributed by atoms with Gasteiger partial charge in [0.05, 0.1) is 12.8 Å². The van der Waals surface area contributed by atoms with Crippen molar-refractivity contribution in [2.75, 3.05) is 6.61 Å². The first-order chi connectivity index (χ1) is 14.2. The molecule has 158 valence electrons. The molecule has 0 aliphatic heterocycles. The Kier molecular flexibility index (Phi) is 4.82. The van der Waals surface area contributed by atoms with Crippen LogP contribution in [-0.2, 0) is 16.9 Å². The normalized spacial score (nSPS) is 22.9. The second-order valence-corrected chi connectivity index (χ2v) is 7.52. The Morgan fingerprint density at radius 1 is 1.33 bits per heavy atom. The Morgan fingerprint density at radius 2 is 2.10 bits per heavy atom. The molecule has 0 fully saturated rings. The maximum atomic E-state index is 14.1. The molecular formula is C21H20F3N3O3. The van der Waals surface area contributed by atoms with E-state index in [1.165, 1.54) is 16.9 Å². The molecule has 1 aromatic carbocycles. The molecule has 2 aromatic rings. The summed E-state index contributed by atoms with van der Waals surface area (Å²) in [5.41, 5.74) is 3.85. The van der Waals surface area contributed by atoms with Gasteiger partial charge in [0.1, 0.15) is 0 Å². The van der Waals surface area contributed by atoms with E-state index in [0.717, 1.165) is 0 Å². The lowest BCUT2D eigenvalue weighted by molar-refractivity contribution is -0.277. The minimum Gasteiger partial charge on any atom is -0.392 e. The molecule has 2 unspecified atom stereocenters. The number of nitrogens with two attached hydrogens (primary N) is 1. The Labute approximate surface area is 170 Å². The van der Waals surface area contributed by atoms with Crippen LogP contribution < -0.4 is 5.73 Å². The molecule has 6 nitrogen and oxygen atoms in total. The van der Waals surface area contributed by atoms with Crippen molar-refractivity contribution in [3.8, 4) is 11.1 Å². The monoisotopic (exact) mass is 419 g/mol. The summed E-state index contributed by atoms with van der Waals surface area (Å²) in [6.45, 7) is -0.155. The Bertz CT molecular complexity index is 1070. The lowest BCUT2D eigenvalue weighted by Crippen LogP contribution is -2.46. The Hall–Kier alpha value is -2.91. The highest BCUT2D eigenvalue weighted by molar-refractivity contribution is 5.84. The minimum absolute atomic E-state index is 0.0178. The summed E-state index contributed by atoms with van der Waals surface area (Å²) in [6.07, 6.45) is 1.46. The van der Waals surface area contributed by atoms with Crippen molar-refractivity contribution in [2.45, 2.75) is 31.2 Å². The van der Waals surface area contributed by atoms with Gasteiger partial charge in [0, 0.05) is 36.2 Å². The number of hydrogen-bond donors (Lipinski definition) is 3. The lowest BCUT2D eigenvalue weighted by atomic mass is 9.79. The molecule has 4 rings (SSSR count). The van der Waals surface area contributed by atoms with E-state index in [9.17, 15) is 28.2 Å². The first-order valence-corrected chi connectivity index (χ1v) is 9.42. The topological polar surface area (TPSA) is 101 Å². The summed E-state index contributed by atoms with van der Waals surface area (Å²) in [4.78, 5) is 10.9. The zero-order valence-electron chi connectivity index (χ0n) is 15.9. The van der Waals surface area contributed by atoms with Gasteiger partial charge in [-0.3, -0.25) is 9.48 Å². The van der Waals surface area contributed by atoms with Crippen LogP contribution in [0.3, 0.4) is 0 Å². The van der Waals surface area contributed by atoms with E-state index in [1.54, 1.807) is 30.5 Å². The van der Waals surface area contributed by atoms with Crippen LogP contribution in [0.25, 0.3) is 16.7 Å². The number of nitrogens with zero attached hydrogens (tertiary/aromatic N) is 2. The zero-order chi connectivity index (χ0) is 21.7. The number of hydrogen-bond acceptors (Lipinski definition) is 4. The van der Waals surface area contributed by atoms with Crippen LogP contribution >= 0.6 is 0 Å². The third-order valence-electron chi connectivity index (χ3n) is 5.77. The van der Waals surface area contributed by atoms with Crippen LogP contribution in [0.4, 0.5) is 13.2 Å². The molecular weight excluding hydrogens is 399 g/mol. The quantitative estimate of drug-likeness (QED) is 0.693. The number of primary amides is 1. The fourth-order valence-electron chi connectivity index (χ4n) is 4.33. The molecule has 1 heterocycles. The highest BCUT2D eigenvalue weighted by Crippen LogP contribution is 2.59. The number of carbonyl (C=O) groups excluding carboxylic acids is 1. The summed E-state index contributed by atoms with van der Waals surface area (Å²) in [5.74, 6) is -1.70. The number of aryl methyl sites for hydroxylation is 1. The number of benzene rings is 1. The molecule has 0 spiro atoms. The fourth-order valence-corrected chi connectivity index (χ4v) is 4.33. The van der Waals surface area contributed by atoms with E-state index in [0.29, 0.717) is 22.3 Å². The molecule has 2 atom stereocenters. The van der Waals surface area contributed by atoms with Gasteiger partial charge in [-0.25, -0.2) is 0 Å². The van der Waals surface area contributed by atoms with Gasteiger partial charge in [0.2, 0.25) is 5.91 Å². The minimum atomic E-state index is -4.90. The molecule has 0 saturated carbocycles.